The number of guanidine groups is 1. The quantitative estimate of drug-likeness (QED) is 0.446. The standard InChI is InChI=1S/C20H29N5S/c1-16-24-19(15-26-16)8-11-23-20(21-2)22-10-5-12-25-13-9-17-6-3-4-7-18(17)14-25/h3-4,6-7,15H,5,8-14H2,1-2H3,(H2,21,22,23). The van der Waals surface area contributed by atoms with E-state index in [1.807, 2.05) is 14.0 Å². The van der Waals surface area contributed by atoms with Crippen molar-refractivity contribution in [2.45, 2.75) is 32.7 Å². The van der Waals surface area contributed by atoms with E-state index < -0.39 is 0 Å². The van der Waals surface area contributed by atoms with Crippen LogP contribution in [0.2, 0.25) is 0 Å². The highest BCUT2D eigenvalue weighted by molar-refractivity contribution is 7.09. The number of benzene rings is 1. The molecule has 1 aliphatic heterocycles. The first-order valence-corrected chi connectivity index (χ1v) is 10.3. The Kier molecular flexibility index (Phi) is 7.03. The highest BCUT2D eigenvalue weighted by Crippen LogP contribution is 2.18. The van der Waals surface area contributed by atoms with Crippen LogP contribution in [0.15, 0.2) is 34.6 Å². The van der Waals surface area contributed by atoms with Crippen LogP contribution in [0.1, 0.15) is 28.2 Å². The molecule has 0 saturated carbocycles. The van der Waals surface area contributed by atoms with E-state index in [4.69, 9.17) is 0 Å². The molecule has 0 aliphatic carbocycles. The van der Waals surface area contributed by atoms with Gasteiger partial charge in [0.1, 0.15) is 0 Å². The maximum Gasteiger partial charge on any atom is 0.190 e. The van der Waals surface area contributed by atoms with Gasteiger partial charge in [-0.1, -0.05) is 24.3 Å². The van der Waals surface area contributed by atoms with Gasteiger partial charge < -0.3 is 10.6 Å². The van der Waals surface area contributed by atoms with Gasteiger partial charge in [-0.25, -0.2) is 4.98 Å². The van der Waals surface area contributed by atoms with Crippen molar-refractivity contribution in [2.75, 3.05) is 33.2 Å². The summed E-state index contributed by atoms with van der Waals surface area (Å²) >= 11 is 1.71. The summed E-state index contributed by atoms with van der Waals surface area (Å²) in [6, 6.07) is 8.81. The maximum absolute atomic E-state index is 4.49. The van der Waals surface area contributed by atoms with Crippen molar-refractivity contribution in [3.63, 3.8) is 0 Å². The third-order valence-electron chi connectivity index (χ3n) is 4.72. The number of rotatable bonds is 7. The van der Waals surface area contributed by atoms with Crippen molar-refractivity contribution in [3.8, 4) is 0 Å². The topological polar surface area (TPSA) is 52.6 Å². The van der Waals surface area contributed by atoms with E-state index in [2.05, 4.69) is 55.2 Å². The second kappa shape index (κ2) is 9.69. The Balaban J connectivity index is 1.31. The smallest absolute Gasteiger partial charge is 0.190 e. The van der Waals surface area contributed by atoms with Gasteiger partial charge in [-0.3, -0.25) is 9.89 Å². The zero-order valence-electron chi connectivity index (χ0n) is 15.8. The molecule has 0 saturated heterocycles. The van der Waals surface area contributed by atoms with Gasteiger partial charge in [-0.15, -0.1) is 11.3 Å². The summed E-state index contributed by atoms with van der Waals surface area (Å²) in [5, 5.41) is 10.0. The summed E-state index contributed by atoms with van der Waals surface area (Å²) in [5.41, 5.74) is 4.16. The molecule has 0 fully saturated rings. The van der Waals surface area contributed by atoms with Gasteiger partial charge in [0.05, 0.1) is 10.7 Å². The van der Waals surface area contributed by atoms with Gasteiger partial charge in [-0.05, 0) is 30.9 Å². The third-order valence-corrected chi connectivity index (χ3v) is 5.54. The van der Waals surface area contributed by atoms with Gasteiger partial charge in [0.15, 0.2) is 5.96 Å². The minimum absolute atomic E-state index is 0.853. The Hall–Kier alpha value is -1.92. The van der Waals surface area contributed by atoms with Crippen LogP contribution in [0.3, 0.4) is 0 Å². The fourth-order valence-electron chi connectivity index (χ4n) is 3.31. The summed E-state index contributed by atoms with van der Waals surface area (Å²) in [5.74, 6) is 0.876. The number of aromatic nitrogens is 1. The Morgan fingerprint density at radius 3 is 2.81 bits per heavy atom. The lowest BCUT2D eigenvalue weighted by Crippen LogP contribution is -2.40. The molecule has 0 unspecified atom stereocenters. The molecule has 0 amide bonds. The van der Waals surface area contributed by atoms with Gasteiger partial charge in [0.25, 0.3) is 0 Å². The zero-order chi connectivity index (χ0) is 18.2. The number of aryl methyl sites for hydroxylation is 1. The van der Waals surface area contributed by atoms with Gasteiger partial charge in [-0.2, -0.15) is 0 Å². The molecule has 2 aromatic rings. The van der Waals surface area contributed by atoms with Crippen molar-refractivity contribution >= 4 is 17.3 Å². The number of aliphatic imine (C=N–C) groups is 1. The van der Waals surface area contributed by atoms with Gasteiger partial charge >= 0.3 is 0 Å². The Morgan fingerprint density at radius 1 is 1.23 bits per heavy atom. The summed E-state index contributed by atoms with van der Waals surface area (Å²) in [7, 11) is 1.82. The molecule has 1 aromatic heterocycles. The summed E-state index contributed by atoms with van der Waals surface area (Å²) < 4.78 is 0. The molecule has 140 valence electrons. The van der Waals surface area contributed by atoms with E-state index in [-0.39, 0.29) is 0 Å². The summed E-state index contributed by atoms with van der Waals surface area (Å²) in [6.07, 6.45) is 3.22. The van der Waals surface area contributed by atoms with Crippen molar-refractivity contribution in [3.05, 3.63) is 51.5 Å². The highest BCUT2D eigenvalue weighted by atomic mass is 32.1. The summed E-state index contributed by atoms with van der Waals surface area (Å²) in [4.78, 5) is 11.3. The second-order valence-corrected chi connectivity index (χ2v) is 7.74. The Labute approximate surface area is 160 Å². The van der Waals surface area contributed by atoms with E-state index >= 15 is 0 Å². The van der Waals surface area contributed by atoms with Crippen LogP contribution >= 0.6 is 11.3 Å². The molecular formula is C20H29N5S. The number of thiazole rings is 1. The SMILES string of the molecule is CN=C(NCCCN1CCc2ccccc2C1)NCCc1csc(C)n1. The molecule has 0 bridgehead atoms. The molecule has 26 heavy (non-hydrogen) atoms. The number of nitrogens with one attached hydrogen (secondary N) is 2. The molecule has 2 heterocycles. The predicted octanol–water partition coefficient (Wildman–Crippen LogP) is 2.61. The minimum Gasteiger partial charge on any atom is -0.356 e. The first-order chi connectivity index (χ1) is 12.7. The van der Waals surface area contributed by atoms with E-state index in [0.29, 0.717) is 0 Å². The van der Waals surface area contributed by atoms with E-state index in [1.165, 1.54) is 17.5 Å². The molecule has 0 spiro atoms. The lowest BCUT2D eigenvalue weighted by atomic mass is 10.00. The molecule has 5 nitrogen and oxygen atoms in total. The molecule has 1 aromatic carbocycles. The molecule has 6 heteroatoms. The largest absolute Gasteiger partial charge is 0.356 e. The van der Waals surface area contributed by atoms with Crippen molar-refractivity contribution in [1.29, 1.82) is 0 Å². The maximum atomic E-state index is 4.49. The Morgan fingerprint density at radius 2 is 2.04 bits per heavy atom. The van der Waals surface area contributed by atoms with Gasteiger partial charge in [0, 0.05) is 51.6 Å². The van der Waals surface area contributed by atoms with Crippen LogP contribution in [-0.2, 0) is 19.4 Å². The van der Waals surface area contributed by atoms with Gasteiger partial charge in [0.2, 0.25) is 0 Å². The van der Waals surface area contributed by atoms with Crippen LogP contribution in [0.5, 0.6) is 0 Å². The zero-order valence-corrected chi connectivity index (χ0v) is 16.6. The molecule has 0 radical (unpaired) electrons. The minimum atomic E-state index is 0.853. The summed E-state index contributed by atoms with van der Waals surface area (Å²) in [6.45, 7) is 7.20. The second-order valence-electron chi connectivity index (χ2n) is 6.68. The number of hydrogen-bond donors (Lipinski definition) is 2. The molecular weight excluding hydrogens is 342 g/mol. The van der Waals surface area contributed by atoms with Crippen molar-refractivity contribution in [2.24, 2.45) is 4.99 Å². The van der Waals surface area contributed by atoms with E-state index in [1.54, 1.807) is 11.3 Å². The molecule has 1 aliphatic rings. The lowest BCUT2D eigenvalue weighted by molar-refractivity contribution is 0.251. The van der Waals surface area contributed by atoms with Crippen LogP contribution in [0, 0.1) is 6.92 Å². The van der Waals surface area contributed by atoms with Crippen LogP contribution in [0.4, 0.5) is 0 Å². The number of hydrogen-bond acceptors (Lipinski definition) is 4. The number of nitrogens with zero attached hydrogens (tertiary/aromatic N) is 3. The fourth-order valence-corrected chi connectivity index (χ4v) is 3.95. The van der Waals surface area contributed by atoms with Crippen LogP contribution < -0.4 is 10.6 Å². The predicted molar refractivity (Wildman–Crippen MR) is 110 cm³/mol. The van der Waals surface area contributed by atoms with Crippen LogP contribution in [-0.4, -0.2) is 49.1 Å². The molecule has 0 atom stereocenters. The molecule has 3 rings (SSSR count). The highest BCUT2D eigenvalue weighted by Gasteiger charge is 2.14. The van der Waals surface area contributed by atoms with Crippen molar-refractivity contribution < 1.29 is 0 Å². The fraction of sp³-hybridized carbons (Fsp3) is 0.500. The average Bonchev–Trinajstić information content (AvgIpc) is 3.08. The normalized spacial score (nSPS) is 14.9. The Bertz CT molecular complexity index is 724. The molecule has 2 N–H and O–H groups in total. The third kappa shape index (κ3) is 5.54. The van der Waals surface area contributed by atoms with Crippen LogP contribution in [0.25, 0.3) is 0 Å². The van der Waals surface area contributed by atoms with E-state index in [9.17, 15) is 0 Å². The monoisotopic (exact) mass is 371 g/mol. The number of fused-ring (bicyclic) bond motifs is 1. The first kappa shape index (κ1) is 18.9. The lowest BCUT2D eigenvalue weighted by Gasteiger charge is -2.28. The van der Waals surface area contributed by atoms with E-state index in [0.717, 1.165) is 62.2 Å². The van der Waals surface area contributed by atoms with Crippen molar-refractivity contribution in [1.82, 2.24) is 20.5 Å². The average molecular weight is 372 g/mol. The first-order valence-electron chi connectivity index (χ1n) is 9.39.